The van der Waals surface area contributed by atoms with Gasteiger partial charge in [0, 0.05) is 24.4 Å². The van der Waals surface area contributed by atoms with Crippen LogP contribution in [-0.2, 0) is 22.9 Å². The van der Waals surface area contributed by atoms with Gasteiger partial charge in [0.25, 0.3) is 0 Å². The highest BCUT2D eigenvalue weighted by molar-refractivity contribution is 7.89. The fraction of sp³-hybridized carbons (Fsp3) is 0.222. The Morgan fingerprint density at radius 1 is 1.08 bits per heavy atom. The van der Waals surface area contributed by atoms with Crippen LogP contribution >= 0.6 is 11.6 Å². The number of nitrogens with one attached hydrogen (secondary N) is 2. The molecule has 0 aliphatic carbocycles. The SMILES string of the molecule is Cc1ccc(Cc2nc(CCNS(=O)(=O)c3ccc(Cl)cc3)n[nH]2)cc1. The summed E-state index contributed by atoms with van der Waals surface area (Å²) < 4.78 is 27.0. The highest BCUT2D eigenvalue weighted by Gasteiger charge is 2.13. The van der Waals surface area contributed by atoms with E-state index in [0.717, 1.165) is 11.4 Å². The smallest absolute Gasteiger partial charge is 0.240 e. The van der Waals surface area contributed by atoms with Crippen LogP contribution in [-0.4, -0.2) is 30.1 Å². The van der Waals surface area contributed by atoms with Crippen LogP contribution in [0, 0.1) is 6.92 Å². The molecule has 26 heavy (non-hydrogen) atoms. The summed E-state index contributed by atoms with van der Waals surface area (Å²) in [5, 5.41) is 7.54. The first kappa shape index (κ1) is 18.6. The first-order valence-electron chi connectivity index (χ1n) is 8.13. The van der Waals surface area contributed by atoms with Crippen LogP contribution < -0.4 is 4.72 Å². The molecule has 2 N–H and O–H groups in total. The van der Waals surface area contributed by atoms with Crippen molar-refractivity contribution in [2.24, 2.45) is 0 Å². The molecule has 6 nitrogen and oxygen atoms in total. The van der Waals surface area contributed by atoms with E-state index in [4.69, 9.17) is 11.6 Å². The average molecular weight is 391 g/mol. The minimum atomic E-state index is -3.57. The summed E-state index contributed by atoms with van der Waals surface area (Å²) in [7, 11) is -3.57. The molecule has 2 aromatic carbocycles. The fourth-order valence-electron chi connectivity index (χ4n) is 2.42. The number of hydrogen-bond donors (Lipinski definition) is 2. The Labute approximate surface area is 157 Å². The first-order chi connectivity index (χ1) is 12.4. The van der Waals surface area contributed by atoms with Gasteiger partial charge in [0.15, 0.2) is 5.82 Å². The number of nitrogens with zero attached hydrogens (tertiary/aromatic N) is 2. The Balaban J connectivity index is 1.54. The number of H-pyrrole nitrogens is 1. The van der Waals surface area contributed by atoms with Gasteiger partial charge in [0.05, 0.1) is 4.90 Å². The van der Waals surface area contributed by atoms with Crippen molar-refractivity contribution in [1.82, 2.24) is 19.9 Å². The minimum Gasteiger partial charge on any atom is -0.263 e. The second kappa shape index (κ2) is 7.99. The largest absolute Gasteiger partial charge is 0.263 e. The molecule has 0 aliphatic heterocycles. The van der Waals surface area contributed by atoms with Crippen molar-refractivity contribution in [1.29, 1.82) is 0 Å². The minimum absolute atomic E-state index is 0.178. The molecule has 3 rings (SSSR count). The lowest BCUT2D eigenvalue weighted by atomic mass is 10.1. The number of halogens is 1. The van der Waals surface area contributed by atoms with E-state index in [0.29, 0.717) is 23.7 Å². The fourth-order valence-corrected chi connectivity index (χ4v) is 3.58. The molecule has 0 spiro atoms. The lowest BCUT2D eigenvalue weighted by molar-refractivity contribution is 0.581. The number of aromatic nitrogens is 3. The molecule has 3 aromatic rings. The molecule has 0 atom stereocenters. The molecule has 1 aromatic heterocycles. The van der Waals surface area contributed by atoms with Gasteiger partial charge in [0.1, 0.15) is 5.82 Å². The number of sulfonamides is 1. The number of rotatable bonds is 7. The monoisotopic (exact) mass is 390 g/mol. The molecule has 8 heteroatoms. The Morgan fingerprint density at radius 2 is 1.77 bits per heavy atom. The summed E-state index contributed by atoms with van der Waals surface area (Å²) in [5.74, 6) is 1.33. The van der Waals surface area contributed by atoms with E-state index < -0.39 is 10.0 Å². The topological polar surface area (TPSA) is 87.7 Å². The van der Waals surface area contributed by atoms with E-state index in [2.05, 4.69) is 44.2 Å². The Kier molecular flexibility index (Phi) is 5.70. The highest BCUT2D eigenvalue weighted by Crippen LogP contribution is 2.13. The Bertz CT molecular complexity index is 967. The van der Waals surface area contributed by atoms with Crippen LogP contribution in [0.1, 0.15) is 22.8 Å². The van der Waals surface area contributed by atoms with Crippen LogP contribution in [0.3, 0.4) is 0 Å². The van der Waals surface area contributed by atoms with Crippen LogP contribution in [0.25, 0.3) is 0 Å². The summed E-state index contributed by atoms with van der Waals surface area (Å²) in [4.78, 5) is 4.59. The molecule has 0 fully saturated rings. The molecule has 136 valence electrons. The molecule has 0 unspecified atom stereocenters. The molecular formula is C18H19ClN4O2S. The predicted octanol–water partition coefficient (Wildman–Crippen LogP) is 2.88. The van der Waals surface area contributed by atoms with Gasteiger partial charge in [-0.2, -0.15) is 5.10 Å². The zero-order valence-electron chi connectivity index (χ0n) is 14.2. The molecule has 0 saturated heterocycles. The normalized spacial score (nSPS) is 11.6. The lowest BCUT2D eigenvalue weighted by Crippen LogP contribution is -2.26. The van der Waals surface area contributed by atoms with Crippen molar-refractivity contribution in [3.05, 3.63) is 76.3 Å². The quantitative estimate of drug-likeness (QED) is 0.649. The van der Waals surface area contributed by atoms with Crippen molar-refractivity contribution < 1.29 is 8.42 Å². The van der Waals surface area contributed by atoms with Gasteiger partial charge in [-0.1, -0.05) is 41.4 Å². The predicted molar refractivity (Wildman–Crippen MR) is 101 cm³/mol. The van der Waals surface area contributed by atoms with Crippen molar-refractivity contribution >= 4 is 21.6 Å². The van der Waals surface area contributed by atoms with Gasteiger partial charge in [-0.05, 0) is 36.8 Å². The summed E-state index contributed by atoms with van der Waals surface area (Å²) in [6, 6.07) is 14.2. The van der Waals surface area contributed by atoms with Crippen LogP contribution in [0.15, 0.2) is 53.4 Å². The maximum absolute atomic E-state index is 12.2. The van der Waals surface area contributed by atoms with Crippen molar-refractivity contribution in [3.63, 3.8) is 0 Å². The average Bonchev–Trinajstić information content (AvgIpc) is 3.04. The van der Waals surface area contributed by atoms with Crippen LogP contribution in [0.4, 0.5) is 0 Å². The van der Waals surface area contributed by atoms with Crippen molar-refractivity contribution in [3.8, 4) is 0 Å². The van der Waals surface area contributed by atoms with Gasteiger partial charge >= 0.3 is 0 Å². The van der Waals surface area contributed by atoms with E-state index in [9.17, 15) is 8.42 Å². The van der Waals surface area contributed by atoms with Crippen molar-refractivity contribution in [2.75, 3.05) is 6.54 Å². The third-order valence-electron chi connectivity index (χ3n) is 3.83. The molecule has 0 aliphatic rings. The summed E-state index contributed by atoms with van der Waals surface area (Å²) >= 11 is 5.78. The third-order valence-corrected chi connectivity index (χ3v) is 5.56. The maximum atomic E-state index is 12.2. The van der Waals surface area contributed by atoms with E-state index in [-0.39, 0.29) is 11.4 Å². The van der Waals surface area contributed by atoms with Crippen molar-refractivity contribution in [2.45, 2.75) is 24.7 Å². The number of aryl methyl sites for hydroxylation is 1. The van der Waals surface area contributed by atoms with Crippen LogP contribution in [0.2, 0.25) is 5.02 Å². The number of aromatic amines is 1. The number of benzene rings is 2. The summed E-state index contributed by atoms with van der Waals surface area (Å²) in [5.41, 5.74) is 2.35. The Hall–Kier alpha value is -2.22. The molecule has 0 bridgehead atoms. The zero-order valence-corrected chi connectivity index (χ0v) is 15.8. The summed E-state index contributed by atoms with van der Waals surface area (Å²) in [6.45, 7) is 2.26. The molecule has 0 radical (unpaired) electrons. The molecular weight excluding hydrogens is 372 g/mol. The molecule has 0 amide bonds. The van der Waals surface area contributed by atoms with E-state index >= 15 is 0 Å². The van der Waals surface area contributed by atoms with Gasteiger partial charge in [0.2, 0.25) is 10.0 Å². The van der Waals surface area contributed by atoms with Gasteiger partial charge in [-0.25, -0.2) is 18.1 Å². The van der Waals surface area contributed by atoms with E-state index in [1.54, 1.807) is 12.1 Å². The summed E-state index contributed by atoms with van der Waals surface area (Å²) in [6.07, 6.45) is 1.06. The van der Waals surface area contributed by atoms with E-state index in [1.807, 2.05) is 6.92 Å². The van der Waals surface area contributed by atoms with Crippen LogP contribution in [0.5, 0.6) is 0 Å². The maximum Gasteiger partial charge on any atom is 0.240 e. The lowest BCUT2D eigenvalue weighted by Gasteiger charge is -2.05. The van der Waals surface area contributed by atoms with Gasteiger partial charge < -0.3 is 0 Å². The molecule has 1 heterocycles. The van der Waals surface area contributed by atoms with E-state index in [1.165, 1.54) is 17.7 Å². The zero-order chi connectivity index (χ0) is 18.6. The number of hydrogen-bond acceptors (Lipinski definition) is 4. The van der Waals surface area contributed by atoms with Gasteiger partial charge in [-0.15, -0.1) is 0 Å². The standard InChI is InChI=1S/C18H19ClN4O2S/c1-13-2-4-14(5-3-13)12-18-21-17(22-23-18)10-11-20-26(24,25)16-8-6-15(19)7-9-16/h2-9,20H,10-12H2,1H3,(H,21,22,23). The second-order valence-corrected chi connectivity index (χ2v) is 8.17. The van der Waals surface area contributed by atoms with Gasteiger partial charge in [-0.3, -0.25) is 5.10 Å². The third kappa shape index (κ3) is 4.91. The second-order valence-electron chi connectivity index (χ2n) is 5.96. The molecule has 0 saturated carbocycles. The highest BCUT2D eigenvalue weighted by atomic mass is 35.5. The first-order valence-corrected chi connectivity index (χ1v) is 9.99. The Morgan fingerprint density at radius 3 is 2.46 bits per heavy atom.